The summed E-state index contributed by atoms with van der Waals surface area (Å²) in [7, 11) is 0. The van der Waals surface area contributed by atoms with Crippen LogP contribution in [0.1, 0.15) is 0 Å². The Morgan fingerprint density at radius 2 is 2.14 bits per heavy atom. The monoisotopic (exact) mass is 189 g/mol. The predicted molar refractivity (Wildman–Crippen MR) is 50.7 cm³/mol. The number of rotatable bonds is 0. The predicted octanol–water partition coefficient (Wildman–Crippen LogP) is 1.26. The number of fused-ring (bicyclic) bond motifs is 3. The van der Waals surface area contributed by atoms with Gasteiger partial charge >= 0.3 is 0 Å². The summed E-state index contributed by atoms with van der Waals surface area (Å²) in [6, 6.07) is 5.08. The summed E-state index contributed by atoms with van der Waals surface area (Å²) < 4.78 is 10.4. The van der Waals surface area contributed by atoms with Crippen LogP contribution in [0.15, 0.2) is 29.2 Å². The summed E-state index contributed by atoms with van der Waals surface area (Å²) in [5.41, 5.74) is 0.711. The van der Waals surface area contributed by atoms with E-state index in [2.05, 4.69) is 4.98 Å². The molecule has 0 spiro atoms. The zero-order valence-electron chi connectivity index (χ0n) is 7.24. The second-order valence-corrected chi connectivity index (χ2v) is 3.06. The maximum absolute atomic E-state index is 11.6. The van der Waals surface area contributed by atoms with Crippen LogP contribution in [0.2, 0.25) is 0 Å². The van der Waals surface area contributed by atoms with Crippen LogP contribution in [0.3, 0.4) is 0 Å². The van der Waals surface area contributed by atoms with Crippen LogP contribution in [0.4, 0.5) is 0 Å². The molecule has 4 heteroatoms. The van der Waals surface area contributed by atoms with E-state index in [1.165, 1.54) is 6.07 Å². The fourth-order valence-electron chi connectivity index (χ4n) is 1.63. The molecule has 1 aromatic carbocycles. The molecule has 1 aromatic heterocycles. The Hall–Kier alpha value is -1.97. The van der Waals surface area contributed by atoms with Crippen molar-refractivity contribution < 1.29 is 9.47 Å². The van der Waals surface area contributed by atoms with Crippen molar-refractivity contribution in [1.29, 1.82) is 0 Å². The highest BCUT2D eigenvalue weighted by Gasteiger charge is 2.18. The third-order valence-electron chi connectivity index (χ3n) is 2.26. The average molecular weight is 189 g/mol. The molecule has 0 saturated carbocycles. The van der Waals surface area contributed by atoms with E-state index in [0.717, 1.165) is 5.52 Å². The zero-order valence-corrected chi connectivity index (χ0v) is 7.24. The molecule has 0 amide bonds. The van der Waals surface area contributed by atoms with Crippen molar-refractivity contribution in [3.05, 3.63) is 34.6 Å². The maximum Gasteiger partial charge on any atom is 0.231 e. The lowest BCUT2D eigenvalue weighted by Gasteiger charge is -2.00. The third kappa shape index (κ3) is 0.849. The SMILES string of the molecule is O=c1cc[nH]c2ccc3c(c12)OCO3. The van der Waals surface area contributed by atoms with Crippen molar-refractivity contribution >= 4 is 10.9 Å². The Morgan fingerprint density at radius 3 is 3.07 bits per heavy atom. The number of hydrogen-bond donors (Lipinski definition) is 1. The van der Waals surface area contributed by atoms with E-state index in [-0.39, 0.29) is 12.2 Å². The Morgan fingerprint density at radius 1 is 1.21 bits per heavy atom. The first-order valence-electron chi connectivity index (χ1n) is 4.26. The number of nitrogens with one attached hydrogen (secondary N) is 1. The first-order valence-corrected chi connectivity index (χ1v) is 4.26. The van der Waals surface area contributed by atoms with Crippen molar-refractivity contribution in [2.45, 2.75) is 0 Å². The molecule has 0 saturated heterocycles. The van der Waals surface area contributed by atoms with E-state index in [1.54, 1.807) is 12.3 Å². The number of aromatic amines is 1. The van der Waals surface area contributed by atoms with Gasteiger partial charge < -0.3 is 14.5 Å². The van der Waals surface area contributed by atoms with Gasteiger partial charge in [-0.3, -0.25) is 4.79 Å². The van der Waals surface area contributed by atoms with Gasteiger partial charge in [0.1, 0.15) is 0 Å². The van der Waals surface area contributed by atoms with Crippen molar-refractivity contribution in [3.63, 3.8) is 0 Å². The van der Waals surface area contributed by atoms with Crippen LogP contribution >= 0.6 is 0 Å². The minimum Gasteiger partial charge on any atom is -0.454 e. The lowest BCUT2D eigenvalue weighted by atomic mass is 10.2. The number of H-pyrrole nitrogens is 1. The van der Waals surface area contributed by atoms with Gasteiger partial charge in [0.2, 0.25) is 6.79 Å². The van der Waals surface area contributed by atoms with E-state index in [9.17, 15) is 4.79 Å². The molecule has 0 radical (unpaired) electrons. The Labute approximate surface area is 79.1 Å². The molecule has 1 aliphatic heterocycles. The van der Waals surface area contributed by atoms with Crippen LogP contribution in [0.5, 0.6) is 11.5 Å². The summed E-state index contributed by atoms with van der Waals surface area (Å²) in [6.45, 7) is 0.183. The highest BCUT2D eigenvalue weighted by molar-refractivity contribution is 5.87. The molecule has 0 fully saturated rings. The van der Waals surface area contributed by atoms with Crippen LogP contribution in [-0.4, -0.2) is 11.8 Å². The molecule has 0 unspecified atom stereocenters. The molecule has 4 nitrogen and oxygen atoms in total. The van der Waals surface area contributed by atoms with E-state index in [4.69, 9.17) is 9.47 Å². The molecular weight excluding hydrogens is 182 g/mol. The highest BCUT2D eigenvalue weighted by Crippen LogP contribution is 2.36. The second kappa shape index (κ2) is 2.51. The second-order valence-electron chi connectivity index (χ2n) is 3.06. The van der Waals surface area contributed by atoms with Crippen molar-refractivity contribution in [1.82, 2.24) is 4.98 Å². The number of ether oxygens (including phenoxy) is 2. The standard InChI is InChI=1S/C10H7NO3/c12-7-3-4-11-6-1-2-8-10(9(6)7)14-5-13-8/h1-4H,5H2,(H,11,12). The van der Waals surface area contributed by atoms with Gasteiger partial charge in [0.25, 0.3) is 0 Å². The van der Waals surface area contributed by atoms with Gasteiger partial charge in [-0.1, -0.05) is 0 Å². The van der Waals surface area contributed by atoms with Gasteiger partial charge in [0, 0.05) is 12.3 Å². The molecule has 1 N–H and O–H groups in total. The van der Waals surface area contributed by atoms with Crippen molar-refractivity contribution in [2.24, 2.45) is 0 Å². The van der Waals surface area contributed by atoms with Gasteiger partial charge in [-0.15, -0.1) is 0 Å². The number of benzene rings is 1. The lowest BCUT2D eigenvalue weighted by molar-refractivity contribution is 0.175. The van der Waals surface area contributed by atoms with Crippen LogP contribution in [-0.2, 0) is 0 Å². The molecule has 0 bridgehead atoms. The molecule has 3 rings (SSSR count). The first kappa shape index (κ1) is 7.44. The number of aromatic nitrogens is 1. The van der Waals surface area contributed by atoms with Gasteiger partial charge in [-0.25, -0.2) is 0 Å². The summed E-state index contributed by atoms with van der Waals surface area (Å²) in [5.74, 6) is 1.18. The van der Waals surface area contributed by atoms with Gasteiger partial charge in [0.05, 0.1) is 10.9 Å². The fraction of sp³-hybridized carbons (Fsp3) is 0.100. The highest BCUT2D eigenvalue weighted by atomic mass is 16.7. The largest absolute Gasteiger partial charge is 0.454 e. The first-order chi connectivity index (χ1) is 6.86. The van der Waals surface area contributed by atoms with Crippen LogP contribution < -0.4 is 14.9 Å². The normalized spacial score (nSPS) is 13.4. The Kier molecular flexibility index (Phi) is 1.33. The minimum atomic E-state index is -0.0545. The Bertz CT molecular complexity index is 559. The number of pyridine rings is 1. The molecule has 2 aromatic rings. The molecule has 14 heavy (non-hydrogen) atoms. The zero-order chi connectivity index (χ0) is 9.54. The van der Waals surface area contributed by atoms with Crippen LogP contribution in [0.25, 0.3) is 10.9 Å². The number of hydrogen-bond acceptors (Lipinski definition) is 3. The summed E-state index contributed by atoms with van der Waals surface area (Å²) in [4.78, 5) is 14.6. The van der Waals surface area contributed by atoms with E-state index < -0.39 is 0 Å². The fourth-order valence-corrected chi connectivity index (χ4v) is 1.63. The molecule has 70 valence electrons. The van der Waals surface area contributed by atoms with Gasteiger partial charge in [-0.2, -0.15) is 0 Å². The molecule has 1 aliphatic rings. The maximum atomic E-state index is 11.6. The van der Waals surface area contributed by atoms with Crippen molar-refractivity contribution in [3.8, 4) is 11.5 Å². The molecule has 0 aliphatic carbocycles. The smallest absolute Gasteiger partial charge is 0.231 e. The topological polar surface area (TPSA) is 51.3 Å². The van der Waals surface area contributed by atoms with Crippen molar-refractivity contribution in [2.75, 3.05) is 6.79 Å². The van der Waals surface area contributed by atoms with Crippen LogP contribution in [0, 0.1) is 0 Å². The third-order valence-corrected chi connectivity index (χ3v) is 2.26. The van der Waals surface area contributed by atoms with Gasteiger partial charge in [0.15, 0.2) is 16.9 Å². The lowest BCUT2D eigenvalue weighted by Crippen LogP contribution is -2.01. The molecule has 2 heterocycles. The summed E-state index contributed by atoms with van der Waals surface area (Å²) >= 11 is 0. The minimum absolute atomic E-state index is 0.0545. The van der Waals surface area contributed by atoms with E-state index in [1.807, 2.05) is 6.07 Å². The molecule has 0 atom stereocenters. The summed E-state index contributed by atoms with van der Waals surface area (Å²) in [5, 5.41) is 0.558. The Balaban J connectivity index is 2.53. The quantitative estimate of drug-likeness (QED) is 0.678. The average Bonchev–Trinajstić information content (AvgIpc) is 2.65. The molecular formula is C10H7NO3. The van der Waals surface area contributed by atoms with E-state index in [0.29, 0.717) is 16.9 Å². The van der Waals surface area contributed by atoms with Gasteiger partial charge in [-0.05, 0) is 12.1 Å². The summed E-state index contributed by atoms with van der Waals surface area (Å²) in [6.07, 6.45) is 1.62. The van der Waals surface area contributed by atoms with E-state index >= 15 is 0 Å².